The quantitative estimate of drug-likeness (QED) is 0.830. The van der Waals surface area contributed by atoms with Crippen LogP contribution in [-0.2, 0) is 26.7 Å². The highest BCUT2D eigenvalue weighted by molar-refractivity contribution is 6.31. The molecule has 2 heterocycles. The van der Waals surface area contributed by atoms with Crippen molar-refractivity contribution < 1.29 is 9.53 Å². The van der Waals surface area contributed by atoms with Gasteiger partial charge in [0, 0.05) is 43.4 Å². The van der Waals surface area contributed by atoms with Gasteiger partial charge >= 0.3 is 0 Å². The first-order chi connectivity index (χ1) is 12.0. The van der Waals surface area contributed by atoms with Gasteiger partial charge < -0.3 is 19.9 Å². The van der Waals surface area contributed by atoms with Gasteiger partial charge in [-0.25, -0.2) is 0 Å². The van der Waals surface area contributed by atoms with E-state index >= 15 is 0 Å². The van der Waals surface area contributed by atoms with Crippen molar-refractivity contribution in [2.24, 2.45) is 13.0 Å². The summed E-state index contributed by atoms with van der Waals surface area (Å²) >= 11 is 6.34. The van der Waals surface area contributed by atoms with Gasteiger partial charge in [0.1, 0.15) is 16.6 Å². The van der Waals surface area contributed by atoms with Crippen LogP contribution < -0.4 is 15.4 Å². The minimum atomic E-state index is -0.118. The predicted octanol–water partition coefficient (Wildman–Crippen LogP) is 3.25. The van der Waals surface area contributed by atoms with Gasteiger partial charge in [0.15, 0.2) is 0 Å². The number of carbonyl (C=O) groups is 1. The van der Waals surface area contributed by atoms with Crippen LogP contribution >= 0.6 is 11.6 Å². The fourth-order valence-electron chi connectivity index (χ4n) is 3.05. The van der Waals surface area contributed by atoms with Crippen molar-refractivity contribution in [3.8, 4) is 5.75 Å². The molecule has 1 aliphatic rings. The SMILES string of the molecule is CC(C)COc1ccccc1CNC(=O)c1c2c(c(Cl)n1C)CNC2. The third-order valence-corrected chi connectivity index (χ3v) is 4.81. The lowest BCUT2D eigenvalue weighted by Gasteiger charge is -2.14. The van der Waals surface area contributed by atoms with Gasteiger partial charge in [0.25, 0.3) is 5.91 Å². The van der Waals surface area contributed by atoms with E-state index in [4.69, 9.17) is 16.3 Å². The van der Waals surface area contributed by atoms with E-state index in [0.717, 1.165) is 22.4 Å². The maximum absolute atomic E-state index is 12.7. The molecular formula is C19H24ClN3O2. The van der Waals surface area contributed by atoms with Crippen LogP contribution in [0.5, 0.6) is 5.75 Å². The van der Waals surface area contributed by atoms with Crippen molar-refractivity contribution in [1.29, 1.82) is 0 Å². The zero-order valence-electron chi connectivity index (χ0n) is 14.9. The predicted molar refractivity (Wildman–Crippen MR) is 98.9 cm³/mol. The van der Waals surface area contributed by atoms with Crippen molar-refractivity contribution in [1.82, 2.24) is 15.2 Å². The molecule has 1 amide bonds. The Kier molecular flexibility index (Phi) is 5.35. The number of nitrogens with one attached hydrogen (secondary N) is 2. The Labute approximate surface area is 153 Å². The molecule has 6 heteroatoms. The summed E-state index contributed by atoms with van der Waals surface area (Å²) in [5.74, 6) is 1.14. The molecule has 0 unspecified atom stereocenters. The average molecular weight is 362 g/mol. The van der Waals surface area contributed by atoms with Crippen LogP contribution in [0.25, 0.3) is 0 Å². The lowest BCUT2D eigenvalue weighted by atomic mass is 10.1. The van der Waals surface area contributed by atoms with Crippen LogP contribution in [0, 0.1) is 5.92 Å². The highest BCUT2D eigenvalue weighted by atomic mass is 35.5. The summed E-state index contributed by atoms with van der Waals surface area (Å²) in [5, 5.41) is 6.87. The summed E-state index contributed by atoms with van der Waals surface area (Å²) in [6, 6.07) is 7.80. The van der Waals surface area contributed by atoms with E-state index in [1.54, 1.807) is 4.57 Å². The molecule has 1 aliphatic heterocycles. The normalized spacial score (nSPS) is 13.2. The van der Waals surface area contributed by atoms with E-state index in [-0.39, 0.29) is 5.91 Å². The Balaban J connectivity index is 1.73. The number of benzene rings is 1. The Bertz CT molecular complexity index is 783. The summed E-state index contributed by atoms with van der Waals surface area (Å²) in [6.07, 6.45) is 0. The number of nitrogens with zero attached hydrogens (tertiary/aromatic N) is 1. The number of halogens is 1. The highest BCUT2D eigenvalue weighted by Crippen LogP contribution is 2.30. The molecule has 0 saturated heterocycles. The molecule has 5 nitrogen and oxygen atoms in total. The highest BCUT2D eigenvalue weighted by Gasteiger charge is 2.27. The molecule has 25 heavy (non-hydrogen) atoms. The number of para-hydroxylation sites is 1. The Hall–Kier alpha value is -1.98. The van der Waals surface area contributed by atoms with Crippen LogP contribution in [0.3, 0.4) is 0 Å². The van der Waals surface area contributed by atoms with Crippen LogP contribution in [0.1, 0.15) is 41.0 Å². The van der Waals surface area contributed by atoms with Gasteiger partial charge in [-0.15, -0.1) is 0 Å². The summed E-state index contributed by atoms with van der Waals surface area (Å²) in [5.41, 5.74) is 3.61. The number of ether oxygens (including phenoxy) is 1. The topological polar surface area (TPSA) is 55.3 Å². The molecule has 134 valence electrons. The molecule has 0 fully saturated rings. The second kappa shape index (κ2) is 7.50. The number of aromatic nitrogens is 1. The zero-order valence-corrected chi connectivity index (χ0v) is 15.6. The molecule has 1 aromatic heterocycles. The zero-order chi connectivity index (χ0) is 18.0. The first kappa shape index (κ1) is 17.8. The third kappa shape index (κ3) is 3.67. The van der Waals surface area contributed by atoms with Crippen LogP contribution in [0.4, 0.5) is 0 Å². The van der Waals surface area contributed by atoms with Gasteiger partial charge in [-0.2, -0.15) is 0 Å². The second-order valence-corrected chi connectivity index (χ2v) is 7.11. The summed E-state index contributed by atoms with van der Waals surface area (Å²) in [7, 11) is 1.83. The Morgan fingerprint density at radius 3 is 2.80 bits per heavy atom. The smallest absolute Gasteiger partial charge is 0.268 e. The average Bonchev–Trinajstić information content (AvgIpc) is 3.15. The van der Waals surface area contributed by atoms with Gasteiger partial charge in [0.2, 0.25) is 0 Å². The summed E-state index contributed by atoms with van der Waals surface area (Å²) in [6.45, 7) is 6.67. The fourth-order valence-corrected chi connectivity index (χ4v) is 3.31. The maximum atomic E-state index is 12.7. The van der Waals surface area contributed by atoms with Gasteiger partial charge in [-0.05, 0) is 12.0 Å². The van der Waals surface area contributed by atoms with Crippen molar-refractivity contribution in [3.63, 3.8) is 0 Å². The largest absolute Gasteiger partial charge is 0.493 e. The van der Waals surface area contributed by atoms with Crippen LogP contribution in [-0.4, -0.2) is 17.1 Å². The third-order valence-electron chi connectivity index (χ3n) is 4.33. The minimum Gasteiger partial charge on any atom is -0.493 e. The molecule has 0 saturated carbocycles. The number of hydrogen-bond donors (Lipinski definition) is 2. The monoisotopic (exact) mass is 361 g/mol. The molecule has 0 aliphatic carbocycles. The number of fused-ring (bicyclic) bond motifs is 1. The number of hydrogen-bond acceptors (Lipinski definition) is 3. The summed E-state index contributed by atoms with van der Waals surface area (Å²) < 4.78 is 7.62. The molecular weight excluding hydrogens is 338 g/mol. The number of carbonyl (C=O) groups excluding carboxylic acids is 1. The Morgan fingerprint density at radius 2 is 2.04 bits per heavy atom. The van der Waals surface area contributed by atoms with Crippen LogP contribution in [0.2, 0.25) is 5.15 Å². The van der Waals surface area contributed by atoms with Crippen molar-refractivity contribution >= 4 is 17.5 Å². The van der Waals surface area contributed by atoms with E-state index in [1.165, 1.54) is 0 Å². The van der Waals surface area contributed by atoms with Crippen molar-refractivity contribution in [2.75, 3.05) is 6.61 Å². The van der Waals surface area contributed by atoms with E-state index in [0.29, 0.717) is 43.0 Å². The fraction of sp³-hybridized carbons (Fsp3) is 0.421. The van der Waals surface area contributed by atoms with Gasteiger partial charge in [0.05, 0.1) is 6.61 Å². The first-order valence-electron chi connectivity index (χ1n) is 8.54. The molecule has 0 radical (unpaired) electrons. The van der Waals surface area contributed by atoms with Gasteiger partial charge in [-0.3, -0.25) is 4.79 Å². The van der Waals surface area contributed by atoms with Gasteiger partial charge in [-0.1, -0.05) is 43.6 Å². The molecule has 2 aromatic rings. The molecule has 0 atom stereocenters. The number of amides is 1. The number of rotatable bonds is 6. The molecule has 3 rings (SSSR count). The van der Waals surface area contributed by atoms with E-state index in [2.05, 4.69) is 24.5 Å². The minimum absolute atomic E-state index is 0.118. The van der Waals surface area contributed by atoms with E-state index < -0.39 is 0 Å². The molecule has 0 spiro atoms. The summed E-state index contributed by atoms with van der Waals surface area (Å²) in [4.78, 5) is 12.7. The lowest BCUT2D eigenvalue weighted by Crippen LogP contribution is -2.26. The van der Waals surface area contributed by atoms with E-state index in [1.807, 2.05) is 31.3 Å². The molecule has 1 aromatic carbocycles. The van der Waals surface area contributed by atoms with E-state index in [9.17, 15) is 4.79 Å². The Morgan fingerprint density at radius 1 is 1.32 bits per heavy atom. The van der Waals surface area contributed by atoms with Crippen molar-refractivity contribution in [3.05, 3.63) is 51.8 Å². The van der Waals surface area contributed by atoms with Crippen LogP contribution in [0.15, 0.2) is 24.3 Å². The van der Waals surface area contributed by atoms with Crippen molar-refractivity contribution in [2.45, 2.75) is 33.5 Å². The first-order valence-corrected chi connectivity index (χ1v) is 8.92. The second-order valence-electron chi connectivity index (χ2n) is 6.75. The maximum Gasteiger partial charge on any atom is 0.268 e. The molecule has 2 N–H and O–H groups in total. The standard InChI is InChI=1S/C19H24ClN3O2/c1-12(2)11-25-16-7-5-4-6-13(16)8-22-19(24)17-14-9-21-10-15(14)18(20)23(17)3/h4-7,12,21H,8-11H2,1-3H3,(H,22,24). The lowest BCUT2D eigenvalue weighted by molar-refractivity contribution is 0.0941. The molecule has 0 bridgehead atoms.